The Kier molecular flexibility index (Phi) is 6.36. The lowest BCUT2D eigenvalue weighted by molar-refractivity contribution is -0.123. The summed E-state index contributed by atoms with van der Waals surface area (Å²) in [5.41, 5.74) is 1.12. The van der Waals surface area contributed by atoms with E-state index in [9.17, 15) is 4.79 Å². The third kappa shape index (κ3) is 3.80. The van der Waals surface area contributed by atoms with Crippen molar-refractivity contribution in [3.63, 3.8) is 0 Å². The van der Waals surface area contributed by atoms with Crippen molar-refractivity contribution in [2.75, 3.05) is 0 Å². The smallest absolute Gasteiger partial charge is 0.135 e. The topological polar surface area (TPSA) is 17.1 Å². The first-order chi connectivity index (χ1) is 13.7. The lowest BCUT2D eigenvalue weighted by Gasteiger charge is -2.61. The zero-order valence-electron chi connectivity index (χ0n) is 19.7. The van der Waals surface area contributed by atoms with Gasteiger partial charge in [0.05, 0.1) is 0 Å². The Morgan fingerprint density at radius 3 is 2.34 bits per heavy atom. The molecule has 0 amide bonds. The first kappa shape index (κ1) is 22.3. The van der Waals surface area contributed by atoms with Crippen LogP contribution in [-0.2, 0) is 4.79 Å². The number of ketones is 1. The largest absolute Gasteiger partial charge is 0.299 e. The summed E-state index contributed by atoms with van der Waals surface area (Å²) >= 11 is 4.01. The molecule has 9 atom stereocenters. The Hall–Kier alpha value is 0.150. The molecule has 2 unspecified atom stereocenters. The molecule has 0 aromatic rings. The molecule has 4 aliphatic rings. The summed E-state index contributed by atoms with van der Waals surface area (Å²) in [7, 11) is 0. The molecule has 166 valence electrons. The molecule has 4 fully saturated rings. The average molecular weight is 466 g/mol. The maximum Gasteiger partial charge on any atom is 0.135 e. The second kappa shape index (κ2) is 8.25. The predicted octanol–water partition coefficient (Wildman–Crippen LogP) is 8.05. The van der Waals surface area contributed by atoms with Gasteiger partial charge in [-0.15, -0.1) is 0 Å². The molecular formula is C27H45BrO. The molecule has 4 aliphatic carbocycles. The number of alkyl halides is 1. The maximum absolute atomic E-state index is 12.2. The van der Waals surface area contributed by atoms with Crippen LogP contribution in [0.15, 0.2) is 0 Å². The average Bonchev–Trinajstić information content (AvgIpc) is 3.02. The van der Waals surface area contributed by atoms with Crippen molar-refractivity contribution in [2.45, 2.75) is 110 Å². The van der Waals surface area contributed by atoms with Gasteiger partial charge in [-0.1, -0.05) is 50.5 Å². The zero-order chi connectivity index (χ0) is 21.0. The maximum atomic E-state index is 12.2. The quantitative estimate of drug-likeness (QED) is 0.375. The summed E-state index contributed by atoms with van der Waals surface area (Å²) in [5.74, 6) is 6.09. The van der Waals surface area contributed by atoms with Crippen LogP contribution >= 0.6 is 15.9 Å². The summed E-state index contributed by atoms with van der Waals surface area (Å²) in [6.45, 7) is 11.9. The fourth-order valence-corrected chi connectivity index (χ4v) is 10.1. The lowest BCUT2D eigenvalue weighted by Crippen LogP contribution is -2.54. The van der Waals surface area contributed by atoms with Crippen LogP contribution in [0, 0.1) is 52.3 Å². The van der Waals surface area contributed by atoms with Crippen molar-refractivity contribution >= 4 is 21.7 Å². The molecule has 0 aliphatic heterocycles. The van der Waals surface area contributed by atoms with Crippen LogP contribution < -0.4 is 0 Å². The Labute approximate surface area is 188 Å². The SMILES string of the molecule is CC(C)C(=O)CC[C@@H](C)[C@H]1CC[C@H]2[C@@H]3CCC4CCC(Br)C[C@]4(C)[C@H]3CC[C@]12C. The molecule has 0 radical (unpaired) electrons. The van der Waals surface area contributed by atoms with E-state index in [2.05, 4.69) is 50.5 Å². The summed E-state index contributed by atoms with van der Waals surface area (Å²) in [6.07, 6.45) is 15.0. The van der Waals surface area contributed by atoms with E-state index in [-0.39, 0.29) is 5.92 Å². The zero-order valence-corrected chi connectivity index (χ0v) is 21.3. The minimum Gasteiger partial charge on any atom is -0.299 e. The summed E-state index contributed by atoms with van der Waals surface area (Å²) < 4.78 is 0. The van der Waals surface area contributed by atoms with Gasteiger partial charge >= 0.3 is 0 Å². The van der Waals surface area contributed by atoms with Crippen molar-refractivity contribution in [3.8, 4) is 0 Å². The van der Waals surface area contributed by atoms with E-state index in [1.807, 2.05) is 0 Å². The molecule has 0 spiro atoms. The molecule has 4 saturated carbocycles. The summed E-state index contributed by atoms with van der Waals surface area (Å²) in [5, 5.41) is 0. The highest BCUT2D eigenvalue weighted by Gasteiger charge is 2.60. The number of halogens is 1. The molecule has 0 bridgehead atoms. The Balaban J connectivity index is 1.47. The molecule has 29 heavy (non-hydrogen) atoms. The van der Waals surface area contributed by atoms with Gasteiger partial charge in [0.25, 0.3) is 0 Å². The molecule has 2 heteroatoms. The number of fused-ring (bicyclic) bond motifs is 5. The van der Waals surface area contributed by atoms with Crippen LogP contribution in [-0.4, -0.2) is 10.6 Å². The highest BCUT2D eigenvalue weighted by molar-refractivity contribution is 9.09. The van der Waals surface area contributed by atoms with Crippen molar-refractivity contribution in [1.82, 2.24) is 0 Å². The first-order valence-corrected chi connectivity index (χ1v) is 13.7. The standard InChI is InChI=1S/C27H45BrO/c1-17(2)25(29)13-6-18(3)22-11-12-23-21-10-8-19-7-9-20(28)16-27(19,5)24(21)14-15-26(22,23)4/h17-24H,6-16H2,1-5H3/t18-,19?,20?,21+,22-,23+,24+,26-,27+/m1/s1. The van der Waals surface area contributed by atoms with Gasteiger partial charge in [0.15, 0.2) is 0 Å². The number of carbonyl (C=O) groups excluding carboxylic acids is 1. The minimum atomic E-state index is 0.203. The Morgan fingerprint density at radius 1 is 0.931 bits per heavy atom. The fourth-order valence-electron chi connectivity index (χ4n) is 9.12. The monoisotopic (exact) mass is 464 g/mol. The van der Waals surface area contributed by atoms with Crippen LogP contribution in [0.4, 0.5) is 0 Å². The second-order valence-electron chi connectivity index (χ2n) is 12.4. The molecule has 0 saturated heterocycles. The van der Waals surface area contributed by atoms with E-state index in [1.54, 1.807) is 0 Å². The number of hydrogen-bond acceptors (Lipinski definition) is 1. The predicted molar refractivity (Wildman–Crippen MR) is 126 cm³/mol. The highest BCUT2D eigenvalue weighted by atomic mass is 79.9. The molecule has 1 nitrogen and oxygen atoms in total. The number of rotatable bonds is 5. The van der Waals surface area contributed by atoms with Gasteiger partial charge in [-0.25, -0.2) is 0 Å². The van der Waals surface area contributed by atoms with Crippen LogP contribution in [0.5, 0.6) is 0 Å². The van der Waals surface area contributed by atoms with E-state index in [0.29, 0.717) is 22.5 Å². The van der Waals surface area contributed by atoms with E-state index in [0.717, 1.165) is 47.3 Å². The molecule has 0 aromatic heterocycles. The third-order valence-electron chi connectivity index (χ3n) is 10.8. The molecule has 0 N–H and O–H groups in total. The second-order valence-corrected chi connectivity index (χ2v) is 13.7. The summed E-state index contributed by atoms with van der Waals surface area (Å²) in [4.78, 5) is 13.0. The van der Waals surface area contributed by atoms with Gasteiger partial charge < -0.3 is 0 Å². The minimum absolute atomic E-state index is 0.203. The van der Waals surface area contributed by atoms with E-state index in [1.165, 1.54) is 57.8 Å². The molecule has 0 heterocycles. The van der Waals surface area contributed by atoms with Crippen molar-refractivity contribution in [2.24, 2.45) is 52.3 Å². The van der Waals surface area contributed by atoms with Gasteiger partial charge in [0, 0.05) is 17.2 Å². The van der Waals surface area contributed by atoms with Gasteiger partial charge in [0.2, 0.25) is 0 Å². The fraction of sp³-hybridized carbons (Fsp3) is 0.963. The Bertz CT molecular complexity index is 614. The van der Waals surface area contributed by atoms with Crippen LogP contribution in [0.1, 0.15) is 105 Å². The van der Waals surface area contributed by atoms with Gasteiger partial charge in [0.1, 0.15) is 5.78 Å². The van der Waals surface area contributed by atoms with Crippen LogP contribution in [0.25, 0.3) is 0 Å². The number of carbonyl (C=O) groups is 1. The van der Waals surface area contributed by atoms with Gasteiger partial charge in [-0.2, -0.15) is 0 Å². The van der Waals surface area contributed by atoms with Crippen LogP contribution in [0.2, 0.25) is 0 Å². The van der Waals surface area contributed by atoms with E-state index >= 15 is 0 Å². The van der Waals surface area contributed by atoms with Crippen LogP contribution in [0.3, 0.4) is 0 Å². The van der Waals surface area contributed by atoms with E-state index < -0.39 is 0 Å². The van der Waals surface area contributed by atoms with Crippen molar-refractivity contribution in [1.29, 1.82) is 0 Å². The van der Waals surface area contributed by atoms with Gasteiger partial charge in [-0.3, -0.25) is 4.79 Å². The van der Waals surface area contributed by atoms with E-state index in [4.69, 9.17) is 0 Å². The lowest BCUT2D eigenvalue weighted by atomic mass is 9.44. The normalized spacial score (nSPS) is 48.0. The molecule has 4 rings (SSSR count). The first-order valence-electron chi connectivity index (χ1n) is 12.8. The number of hydrogen-bond donors (Lipinski definition) is 0. The van der Waals surface area contributed by atoms with Crippen molar-refractivity contribution < 1.29 is 4.79 Å². The molecular weight excluding hydrogens is 420 g/mol. The van der Waals surface area contributed by atoms with Crippen molar-refractivity contribution in [3.05, 3.63) is 0 Å². The van der Waals surface area contributed by atoms with Gasteiger partial charge in [-0.05, 0) is 111 Å². The molecule has 0 aromatic carbocycles. The highest BCUT2D eigenvalue weighted by Crippen LogP contribution is 2.68. The third-order valence-corrected chi connectivity index (χ3v) is 11.6. The number of Topliss-reactive ketones (excluding diaryl/α,β-unsaturated/α-hetero) is 1. The Morgan fingerprint density at radius 2 is 1.62 bits per heavy atom. The summed E-state index contributed by atoms with van der Waals surface area (Å²) in [6, 6.07) is 0.